The second-order valence-corrected chi connectivity index (χ2v) is 6.71. The van der Waals surface area contributed by atoms with E-state index in [1.807, 2.05) is 55.3 Å². The number of para-hydroxylation sites is 1. The highest BCUT2D eigenvalue weighted by molar-refractivity contribution is 9.11. The lowest BCUT2D eigenvalue weighted by molar-refractivity contribution is 1.04. The Hall–Kier alpha value is -1.66. The van der Waals surface area contributed by atoms with E-state index in [4.69, 9.17) is 5.73 Å². The quantitative estimate of drug-likeness (QED) is 0.603. The summed E-state index contributed by atoms with van der Waals surface area (Å²) in [7, 11) is 1.98. The Morgan fingerprint density at radius 3 is 2.36 bits per heavy atom. The standard InChI is InChI=1S/C16H14Br2N4/c1-9-20-14-6-4-3-5-11(14)16(21-9)22(2)15-12(17)7-10(19)8-13(15)18/h3-8H,19H2,1-2H3. The van der Waals surface area contributed by atoms with Crippen LogP contribution in [-0.4, -0.2) is 17.0 Å². The Bertz CT molecular complexity index is 841. The molecule has 0 unspecified atom stereocenters. The zero-order valence-electron chi connectivity index (χ0n) is 12.1. The van der Waals surface area contributed by atoms with Crippen LogP contribution in [0.4, 0.5) is 17.2 Å². The zero-order valence-corrected chi connectivity index (χ0v) is 15.3. The normalized spacial score (nSPS) is 10.9. The summed E-state index contributed by atoms with van der Waals surface area (Å²) in [5.74, 6) is 1.59. The maximum Gasteiger partial charge on any atom is 0.144 e. The number of aryl methyl sites for hydroxylation is 1. The third kappa shape index (κ3) is 2.68. The van der Waals surface area contributed by atoms with Gasteiger partial charge >= 0.3 is 0 Å². The molecular weight excluding hydrogens is 408 g/mol. The number of aromatic nitrogens is 2. The summed E-state index contributed by atoms with van der Waals surface area (Å²) < 4.78 is 1.81. The lowest BCUT2D eigenvalue weighted by atomic mass is 10.2. The molecule has 1 aromatic heterocycles. The molecule has 112 valence electrons. The molecule has 0 fully saturated rings. The molecule has 3 aromatic rings. The molecule has 6 heteroatoms. The summed E-state index contributed by atoms with van der Waals surface area (Å²) in [6.45, 7) is 1.90. The molecule has 0 saturated heterocycles. The number of benzene rings is 2. The molecule has 3 rings (SSSR count). The van der Waals surface area contributed by atoms with E-state index >= 15 is 0 Å². The molecule has 22 heavy (non-hydrogen) atoms. The lowest BCUT2D eigenvalue weighted by Gasteiger charge is -2.23. The number of fused-ring (bicyclic) bond motifs is 1. The number of halogens is 2. The Morgan fingerprint density at radius 2 is 1.68 bits per heavy atom. The first kappa shape index (κ1) is 15.2. The molecular formula is C16H14Br2N4. The Kier molecular flexibility index (Phi) is 4.06. The number of hydrogen-bond acceptors (Lipinski definition) is 4. The smallest absolute Gasteiger partial charge is 0.144 e. The van der Waals surface area contributed by atoms with E-state index in [1.54, 1.807) is 0 Å². The lowest BCUT2D eigenvalue weighted by Crippen LogP contribution is -2.14. The van der Waals surface area contributed by atoms with Gasteiger partial charge in [0.15, 0.2) is 0 Å². The Labute approximate surface area is 145 Å². The van der Waals surface area contributed by atoms with Gasteiger partial charge in [-0.3, -0.25) is 0 Å². The van der Waals surface area contributed by atoms with Crippen LogP contribution in [0.5, 0.6) is 0 Å². The number of rotatable bonds is 2. The van der Waals surface area contributed by atoms with Crippen molar-refractivity contribution in [2.45, 2.75) is 6.92 Å². The maximum absolute atomic E-state index is 5.88. The average molecular weight is 422 g/mol. The molecule has 0 saturated carbocycles. The first-order chi connectivity index (χ1) is 10.5. The number of nitrogens with two attached hydrogens (primary N) is 1. The highest BCUT2D eigenvalue weighted by Gasteiger charge is 2.17. The largest absolute Gasteiger partial charge is 0.399 e. The van der Waals surface area contributed by atoms with Crippen LogP contribution in [0.2, 0.25) is 0 Å². The van der Waals surface area contributed by atoms with Gasteiger partial charge in [-0.1, -0.05) is 12.1 Å². The van der Waals surface area contributed by atoms with Crippen molar-refractivity contribution in [2.24, 2.45) is 0 Å². The minimum Gasteiger partial charge on any atom is -0.399 e. The summed E-state index contributed by atoms with van der Waals surface area (Å²) in [4.78, 5) is 11.1. The SMILES string of the molecule is Cc1nc(N(C)c2c(Br)cc(N)cc2Br)c2ccccc2n1. The number of nitrogens with zero attached hydrogens (tertiary/aromatic N) is 3. The summed E-state index contributed by atoms with van der Waals surface area (Å²) >= 11 is 7.17. The minimum atomic E-state index is 0.694. The summed E-state index contributed by atoms with van der Waals surface area (Å²) in [6, 6.07) is 11.8. The van der Waals surface area contributed by atoms with E-state index < -0.39 is 0 Å². The highest BCUT2D eigenvalue weighted by atomic mass is 79.9. The van der Waals surface area contributed by atoms with E-state index in [2.05, 4.69) is 41.8 Å². The molecule has 2 aromatic carbocycles. The van der Waals surface area contributed by atoms with Crippen LogP contribution < -0.4 is 10.6 Å². The van der Waals surface area contributed by atoms with Crippen molar-refractivity contribution in [1.29, 1.82) is 0 Å². The Balaban J connectivity index is 2.24. The number of nitrogen functional groups attached to an aromatic ring is 1. The topological polar surface area (TPSA) is 55.0 Å². The van der Waals surface area contributed by atoms with Crippen LogP contribution in [-0.2, 0) is 0 Å². The molecule has 0 aliphatic heterocycles. The monoisotopic (exact) mass is 420 g/mol. The van der Waals surface area contributed by atoms with Gasteiger partial charge in [-0.15, -0.1) is 0 Å². The van der Waals surface area contributed by atoms with E-state index in [1.165, 1.54) is 0 Å². The van der Waals surface area contributed by atoms with Crippen LogP contribution in [0, 0.1) is 6.92 Å². The third-order valence-electron chi connectivity index (χ3n) is 3.39. The summed E-state index contributed by atoms with van der Waals surface area (Å²) in [5, 5.41) is 1.01. The average Bonchev–Trinajstić information content (AvgIpc) is 2.45. The van der Waals surface area contributed by atoms with Gasteiger partial charge in [0, 0.05) is 27.1 Å². The van der Waals surface area contributed by atoms with E-state index in [0.717, 1.165) is 37.2 Å². The second kappa shape index (κ2) is 5.85. The van der Waals surface area contributed by atoms with Crippen LogP contribution in [0.1, 0.15) is 5.82 Å². The molecule has 2 N–H and O–H groups in total. The third-order valence-corrected chi connectivity index (χ3v) is 4.60. The zero-order chi connectivity index (χ0) is 15.9. The molecule has 0 spiro atoms. The summed E-state index contributed by atoms with van der Waals surface area (Å²) in [6.07, 6.45) is 0. The predicted octanol–water partition coefficient (Wildman–Crippen LogP) is 4.81. The van der Waals surface area contributed by atoms with Crippen LogP contribution >= 0.6 is 31.9 Å². The molecule has 0 aliphatic carbocycles. The first-order valence-electron chi connectivity index (χ1n) is 6.69. The van der Waals surface area contributed by atoms with Crippen molar-refractivity contribution >= 4 is 60.0 Å². The highest BCUT2D eigenvalue weighted by Crippen LogP contribution is 2.40. The van der Waals surface area contributed by atoms with Crippen molar-refractivity contribution in [3.05, 3.63) is 51.2 Å². The van der Waals surface area contributed by atoms with E-state index in [9.17, 15) is 0 Å². The van der Waals surface area contributed by atoms with Gasteiger partial charge in [0.1, 0.15) is 11.6 Å². The van der Waals surface area contributed by atoms with Crippen LogP contribution in [0.25, 0.3) is 10.9 Å². The molecule has 4 nitrogen and oxygen atoms in total. The fourth-order valence-electron chi connectivity index (χ4n) is 2.44. The molecule has 0 bridgehead atoms. The van der Waals surface area contributed by atoms with Crippen LogP contribution in [0.3, 0.4) is 0 Å². The number of hydrogen-bond donors (Lipinski definition) is 1. The van der Waals surface area contributed by atoms with Gasteiger partial charge in [-0.2, -0.15) is 0 Å². The summed E-state index contributed by atoms with van der Waals surface area (Å²) in [5.41, 5.74) is 8.47. The number of anilines is 3. The second-order valence-electron chi connectivity index (χ2n) is 5.00. The van der Waals surface area contributed by atoms with Crippen LogP contribution in [0.15, 0.2) is 45.3 Å². The van der Waals surface area contributed by atoms with Crippen molar-refractivity contribution in [3.8, 4) is 0 Å². The molecule has 0 radical (unpaired) electrons. The first-order valence-corrected chi connectivity index (χ1v) is 8.27. The van der Waals surface area contributed by atoms with Gasteiger partial charge in [0.05, 0.1) is 11.2 Å². The van der Waals surface area contributed by atoms with Gasteiger partial charge < -0.3 is 10.6 Å². The fraction of sp³-hybridized carbons (Fsp3) is 0.125. The van der Waals surface area contributed by atoms with Gasteiger partial charge in [0.25, 0.3) is 0 Å². The van der Waals surface area contributed by atoms with Gasteiger partial charge in [-0.05, 0) is 63.0 Å². The van der Waals surface area contributed by atoms with E-state index in [-0.39, 0.29) is 0 Å². The predicted molar refractivity (Wildman–Crippen MR) is 98.6 cm³/mol. The maximum atomic E-state index is 5.88. The minimum absolute atomic E-state index is 0.694. The van der Waals surface area contributed by atoms with E-state index in [0.29, 0.717) is 5.69 Å². The molecule has 0 aliphatic rings. The van der Waals surface area contributed by atoms with Crippen molar-refractivity contribution in [1.82, 2.24) is 9.97 Å². The van der Waals surface area contributed by atoms with Crippen molar-refractivity contribution < 1.29 is 0 Å². The Morgan fingerprint density at radius 1 is 1.05 bits per heavy atom. The van der Waals surface area contributed by atoms with Gasteiger partial charge in [0.2, 0.25) is 0 Å². The van der Waals surface area contributed by atoms with Crippen molar-refractivity contribution in [2.75, 3.05) is 17.7 Å². The van der Waals surface area contributed by atoms with Crippen molar-refractivity contribution in [3.63, 3.8) is 0 Å². The molecule has 1 heterocycles. The van der Waals surface area contributed by atoms with Gasteiger partial charge in [-0.25, -0.2) is 9.97 Å². The molecule has 0 amide bonds. The fourth-order valence-corrected chi connectivity index (χ4v) is 4.19. The molecule has 0 atom stereocenters.